The van der Waals surface area contributed by atoms with Gasteiger partial charge in [-0.05, 0) is 54.4 Å². The van der Waals surface area contributed by atoms with Crippen LogP contribution in [0, 0.1) is 17.8 Å². The van der Waals surface area contributed by atoms with E-state index in [1.165, 1.54) is 72.6 Å². The SMILES string of the molecule is CC(C)CCCC(C)CCCC(C)CCCBr.c1ccc(P(c2ccccc2)c2ccccc2)cc1. The topological polar surface area (TPSA) is 0 Å². The fraction of sp³-hybridized carbons (Fsp3) is 0.471. The largest absolute Gasteiger partial charge is 0.0928 e. The maximum atomic E-state index is 3.51. The minimum absolute atomic E-state index is 0.446. The van der Waals surface area contributed by atoms with Crippen molar-refractivity contribution in [2.75, 3.05) is 5.33 Å². The van der Waals surface area contributed by atoms with Gasteiger partial charge in [0.1, 0.15) is 0 Å². The third-order valence-electron chi connectivity index (χ3n) is 6.75. The summed E-state index contributed by atoms with van der Waals surface area (Å²) < 4.78 is 0. The third kappa shape index (κ3) is 12.7. The van der Waals surface area contributed by atoms with Crippen molar-refractivity contribution in [3.05, 3.63) is 91.0 Å². The second-order valence-electron chi connectivity index (χ2n) is 10.6. The molecule has 196 valence electrons. The van der Waals surface area contributed by atoms with Crippen molar-refractivity contribution < 1.29 is 0 Å². The van der Waals surface area contributed by atoms with Gasteiger partial charge in [0, 0.05) is 5.33 Å². The highest BCUT2D eigenvalue weighted by Gasteiger charge is 2.15. The zero-order chi connectivity index (χ0) is 26.0. The fourth-order valence-corrected chi connectivity index (χ4v) is 7.21. The van der Waals surface area contributed by atoms with Gasteiger partial charge < -0.3 is 0 Å². The van der Waals surface area contributed by atoms with Gasteiger partial charge in [-0.3, -0.25) is 0 Å². The van der Waals surface area contributed by atoms with Crippen LogP contribution in [0.1, 0.15) is 79.1 Å². The molecule has 0 aliphatic heterocycles. The molecule has 0 bridgehead atoms. The quantitative estimate of drug-likeness (QED) is 0.134. The predicted molar refractivity (Wildman–Crippen MR) is 169 cm³/mol. The van der Waals surface area contributed by atoms with Gasteiger partial charge in [-0.15, -0.1) is 0 Å². The van der Waals surface area contributed by atoms with Crippen LogP contribution >= 0.6 is 23.9 Å². The van der Waals surface area contributed by atoms with E-state index in [1.54, 1.807) is 0 Å². The smallest absolute Gasteiger partial charge is 0.00314 e. The molecule has 3 aromatic carbocycles. The molecule has 2 heteroatoms. The third-order valence-corrected chi connectivity index (χ3v) is 9.75. The van der Waals surface area contributed by atoms with Gasteiger partial charge in [0.25, 0.3) is 0 Å². The van der Waals surface area contributed by atoms with E-state index in [1.807, 2.05) is 0 Å². The highest BCUT2D eigenvalue weighted by molar-refractivity contribution is 9.09. The number of halogens is 1. The Morgan fingerprint density at radius 2 is 0.833 bits per heavy atom. The molecule has 36 heavy (non-hydrogen) atoms. The highest BCUT2D eigenvalue weighted by Crippen LogP contribution is 2.32. The summed E-state index contributed by atoms with van der Waals surface area (Å²) in [4.78, 5) is 0. The number of hydrogen-bond donors (Lipinski definition) is 0. The Bertz CT molecular complexity index is 800. The van der Waals surface area contributed by atoms with Crippen LogP contribution in [0.5, 0.6) is 0 Å². The first kappa shape index (κ1) is 30.8. The average Bonchev–Trinajstić information content (AvgIpc) is 2.90. The molecule has 0 spiro atoms. The minimum atomic E-state index is -0.446. The van der Waals surface area contributed by atoms with E-state index < -0.39 is 7.92 Å². The first-order valence-electron chi connectivity index (χ1n) is 14.0. The van der Waals surface area contributed by atoms with Crippen LogP contribution in [-0.2, 0) is 0 Å². The first-order valence-corrected chi connectivity index (χ1v) is 16.5. The molecule has 0 heterocycles. The van der Waals surface area contributed by atoms with Gasteiger partial charge in [-0.2, -0.15) is 0 Å². The van der Waals surface area contributed by atoms with Crippen molar-refractivity contribution in [3.63, 3.8) is 0 Å². The molecule has 0 aliphatic rings. The van der Waals surface area contributed by atoms with Crippen molar-refractivity contribution in [3.8, 4) is 0 Å². The lowest BCUT2D eigenvalue weighted by molar-refractivity contribution is 0.392. The van der Waals surface area contributed by atoms with E-state index in [9.17, 15) is 0 Å². The van der Waals surface area contributed by atoms with Crippen LogP contribution < -0.4 is 15.9 Å². The van der Waals surface area contributed by atoms with Crippen molar-refractivity contribution >= 4 is 39.8 Å². The molecule has 0 saturated carbocycles. The van der Waals surface area contributed by atoms with E-state index in [2.05, 4.69) is 135 Å². The second kappa shape index (κ2) is 18.8. The molecule has 0 amide bonds. The molecule has 3 aromatic rings. The zero-order valence-corrected chi connectivity index (χ0v) is 25.6. The van der Waals surface area contributed by atoms with Crippen LogP contribution in [0.4, 0.5) is 0 Å². The summed E-state index contributed by atoms with van der Waals surface area (Å²) in [5.74, 6) is 2.75. The maximum absolute atomic E-state index is 3.51. The van der Waals surface area contributed by atoms with Gasteiger partial charge in [0.05, 0.1) is 0 Å². The fourth-order valence-electron chi connectivity index (χ4n) is 4.58. The molecule has 0 radical (unpaired) electrons. The van der Waals surface area contributed by atoms with Gasteiger partial charge in [-0.1, -0.05) is 173 Å². The number of hydrogen-bond acceptors (Lipinski definition) is 0. The van der Waals surface area contributed by atoms with Gasteiger partial charge in [-0.25, -0.2) is 0 Å². The lowest BCUT2D eigenvalue weighted by atomic mass is 9.92. The summed E-state index contributed by atoms with van der Waals surface area (Å²) in [7, 11) is -0.446. The lowest BCUT2D eigenvalue weighted by Gasteiger charge is -2.18. The Kier molecular flexibility index (Phi) is 16.0. The second-order valence-corrected chi connectivity index (χ2v) is 13.7. The molecular formula is C34H48BrP. The molecule has 3 rings (SSSR count). The Balaban J connectivity index is 0.000000256. The molecule has 0 fully saturated rings. The summed E-state index contributed by atoms with van der Waals surface area (Å²) in [6, 6.07) is 32.3. The van der Waals surface area contributed by atoms with Crippen LogP contribution in [0.2, 0.25) is 0 Å². The van der Waals surface area contributed by atoms with E-state index in [0.29, 0.717) is 0 Å². The lowest BCUT2D eigenvalue weighted by Crippen LogP contribution is -2.20. The van der Waals surface area contributed by atoms with Crippen LogP contribution in [0.25, 0.3) is 0 Å². The Hall–Kier alpha value is -1.43. The van der Waals surface area contributed by atoms with E-state index in [-0.39, 0.29) is 0 Å². The molecule has 0 saturated heterocycles. The number of benzene rings is 3. The van der Waals surface area contributed by atoms with E-state index in [4.69, 9.17) is 0 Å². The summed E-state index contributed by atoms with van der Waals surface area (Å²) in [6.45, 7) is 9.50. The zero-order valence-electron chi connectivity index (χ0n) is 23.1. The van der Waals surface area contributed by atoms with Gasteiger partial charge in [0.15, 0.2) is 0 Å². The monoisotopic (exact) mass is 566 g/mol. The van der Waals surface area contributed by atoms with Gasteiger partial charge in [0.2, 0.25) is 0 Å². The average molecular weight is 568 g/mol. The Labute approximate surface area is 232 Å². The molecule has 0 nitrogen and oxygen atoms in total. The van der Waals surface area contributed by atoms with Crippen molar-refractivity contribution in [1.29, 1.82) is 0 Å². The van der Waals surface area contributed by atoms with E-state index >= 15 is 0 Å². The van der Waals surface area contributed by atoms with Crippen molar-refractivity contribution in [1.82, 2.24) is 0 Å². The molecule has 0 N–H and O–H groups in total. The van der Waals surface area contributed by atoms with Crippen molar-refractivity contribution in [2.45, 2.75) is 79.1 Å². The predicted octanol–water partition coefficient (Wildman–Crippen LogP) is 9.88. The Morgan fingerprint density at radius 3 is 1.17 bits per heavy atom. The molecular weight excluding hydrogens is 519 g/mol. The van der Waals surface area contributed by atoms with Crippen molar-refractivity contribution in [2.24, 2.45) is 17.8 Å². The first-order chi connectivity index (χ1) is 17.5. The van der Waals surface area contributed by atoms with Crippen LogP contribution in [-0.4, -0.2) is 5.33 Å². The van der Waals surface area contributed by atoms with Gasteiger partial charge >= 0.3 is 0 Å². The summed E-state index contributed by atoms with van der Waals surface area (Å²) in [5.41, 5.74) is 0. The standard InChI is InChI=1S/C18H15P.C16H33Br/c1-4-10-16(11-5-1)19(17-12-6-2-7-13-17)18-14-8-3-9-15-18;1-14(2)8-5-9-15(3)10-6-11-16(4)12-7-13-17/h1-15H;14-16H,5-13H2,1-4H3. The maximum Gasteiger partial charge on any atom is 0.00314 e. The minimum Gasteiger partial charge on any atom is -0.0928 e. The summed E-state index contributed by atoms with van der Waals surface area (Å²) in [6.07, 6.45) is 11.3. The number of alkyl halides is 1. The molecule has 0 aromatic heterocycles. The molecule has 2 atom stereocenters. The van der Waals surface area contributed by atoms with E-state index in [0.717, 1.165) is 17.8 Å². The summed E-state index contributed by atoms with van der Waals surface area (Å²) in [5, 5.41) is 5.36. The Morgan fingerprint density at radius 1 is 0.500 bits per heavy atom. The highest BCUT2D eigenvalue weighted by atomic mass is 79.9. The molecule has 2 unspecified atom stereocenters. The number of rotatable bonds is 14. The van der Waals surface area contributed by atoms with Crippen LogP contribution in [0.15, 0.2) is 91.0 Å². The van der Waals surface area contributed by atoms with Crippen LogP contribution in [0.3, 0.4) is 0 Å². The summed E-state index contributed by atoms with van der Waals surface area (Å²) >= 11 is 3.51. The molecule has 0 aliphatic carbocycles. The normalized spacial score (nSPS) is 12.8.